The number of H-pyrrole nitrogens is 1. The number of carbonyl (C=O) groups excluding carboxylic acids is 2. The normalized spacial score (nSPS) is 42.8. The van der Waals surface area contributed by atoms with E-state index >= 15 is 0 Å². The molecule has 2 aliphatic heterocycles. The highest BCUT2D eigenvalue weighted by atomic mass is 16.6. The molecule has 1 spiro atoms. The predicted octanol–water partition coefficient (Wildman–Crippen LogP) is 0.999. The summed E-state index contributed by atoms with van der Waals surface area (Å²) in [6.07, 6.45) is 1.38. The van der Waals surface area contributed by atoms with Crippen LogP contribution in [0.25, 0.3) is 0 Å². The highest BCUT2D eigenvalue weighted by Crippen LogP contribution is 2.61. The molecule has 3 heterocycles. The third-order valence-corrected chi connectivity index (χ3v) is 9.07. The fourth-order valence-electron chi connectivity index (χ4n) is 7.37. The number of esters is 2. The highest BCUT2D eigenvalue weighted by Gasteiger charge is 2.69. The SMILES string of the molecule is COCC(O)C1OC(=O)[C@H](O)C[C@H]2C=CC3C4[C@H](O)[C@@H](COC)[C@@H](OC(=O)c5ccc[nH]5)[C@@H]3O[C@]42/C(C)=C/[C@H]1C. The molecule has 5 rings (SSSR count). The lowest BCUT2D eigenvalue weighted by Gasteiger charge is -2.49. The minimum atomic E-state index is -1.49. The van der Waals surface area contributed by atoms with Crippen molar-refractivity contribution >= 4 is 11.9 Å². The Balaban J connectivity index is 1.57. The van der Waals surface area contributed by atoms with E-state index in [-0.39, 0.29) is 31.2 Å². The number of methoxy groups -OCH3 is 2. The fourth-order valence-corrected chi connectivity index (χ4v) is 7.37. The van der Waals surface area contributed by atoms with E-state index in [0.29, 0.717) is 0 Å². The Hall–Kier alpha value is -2.54. The molecule has 1 aromatic rings. The molecule has 0 amide bonds. The molecule has 40 heavy (non-hydrogen) atoms. The highest BCUT2D eigenvalue weighted by molar-refractivity contribution is 5.87. The lowest BCUT2D eigenvalue weighted by atomic mass is 9.57. The molecular weight excluding hydrogens is 522 g/mol. The van der Waals surface area contributed by atoms with Crippen molar-refractivity contribution in [2.45, 2.75) is 62.5 Å². The fraction of sp³-hybridized carbons (Fsp3) is 0.655. The molecule has 4 unspecified atom stereocenters. The first-order chi connectivity index (χ1) is 19.1. The first-order valence-electron chi connectivity index (χ1n) is 13.8. The molecule has 4 bridgehead atoms. The number of aliphatic hydroxyl groups excluding tert-OH is 3. The summed E-state index contributed by atoms with van der Waals surface area (Å²) < 4.78 is 29.0. The van der Waals surface area contributed by atoms with Crippen LogP contribution in [0.4, 0.5) is 0 Å². The van der Waals surface area contributed by atoms with E-state index in [1.807, 2.05) is 32.1 Å². The minimum Gasteiger partial charge on any atom is -0.457 e. The Morgan fingerprint density at radius 2 is 2.02 bits per heavy atom. The maximum Gasteiger partial charge on any atom is 0.355 e. The number of nitrogens with one attached hydrogen (secondary N) is 1. The third kappa shape index (κ3) is 4.72. The first-order valence-corrected chi connectivity index (χ1v) is 13.8. The predicted molar refractivity (Wildman–Crippen MR) is 140 cm³/mol. The van der Waals surface area contributed by atoms with Crippen LogP contribution in [0.5, 0.6) is 0 Å². The molecule has 12 atom stereocenters. The van der Waals surface area contributed by atoms with Crippen LogP contribution in [0.15, 0.2) is 42.1 Å². The van der Waals surface area contributed by atoms with Crippen molar-refractivity contribution in [2.75, 3.05) is 27.4 Å². The lowest BCUT2D eigenvalue weighted by Crippen LogP contribution is -2.58. The van der Waals surface area contributed by atoms with Crippen LogP contribution >= 0.6 is 0 Å². The van der Waals surface area contributed by atoms with Gasteiger partial charge in [0.1, 0.15) is 35.7 Å². The second-order valence-corrected chi connectivity index (χ2v) is 11.4. The van der Waals surface area contributed by atoms with Crippen LogP contribution in [0.3, 0.4) is 0 Å². The average molecular weight is 562 g/mol. The third-order valence-electron chi connectivity index (χ3n) is 9.07. The van der Waals surface area contributed by atoms with Gasteiger partial charge in [-0.15, -0.1) is 0 Å². The summed E-state index contributed by atoms with van der Waals surface area (Å²) in [4.78, 5) is 28.8. The van der Waals surface area contributed by atoms with Crippen molar-refractivity contribution in [3.05, 3.63) is 47.8 Å². The second kappa shape index (κ2) is 11.4. The zero-order valence-corrected chi connectivity index (χ0v) is 23.1. The van der Waals surface area contributed by atoms with Crippen molar-refractivity contribution in [2.24, 2.45) is 29.6 Å². The molecule has 2 fully saturated rings. The minimum absolute atomic E-state index is 0.0213. The maximum atomic E-state index is 13.0. The van der Waals surface area contributed by atoms with Crippen LogP contribution in [0.1, 0.15) is 30.8 Å². The zero-order valence-electron chi connectivity index (χ0n) is 23.1. The molecular formula is C29H39NO10. The Labute approximate surface area is 233 Å². The van der Waals surface area contributed by atoms with Gasteiger partial charge in [0.15, 0.2) is 6.10 Å². The van der Waals surface area contributed by atoms with Crippen molar-refractivity contribution in [3.63, 3.8) is 0 Å². The first kappa shape index (κ1) is 29.0. The molecule has 1 aromatic heterocycles. The molecule has 4 aliphatic rings. The van der Waals surface area contributed by atoms with Gasteiger partial charge in [-0.25, -0.2) is 9.59 Å². The summed E-state index contributed by atoms with van der Waals surface area (Å²) in [7, 11) is 2.97. The number of aliphatic hydroxyl groups is 3. The number of rotatable bonds is 7. The number of ether oxygens (including phenoxy) is 5. The summed E-state index contributed by atoms with van der Waals surface area (Å²) in [6.45, 7) is 3.78. The van der Waals surface area contributed by atoms with Gasteiger partial charge in [-0.1, -0.05) is 25.2 Å². The van der Waals surface area contributed by atoms with Gasteiger partial charge in [-0.2, -0.15) is 0 Å². The van der Waals surface area contributed by atoms with E-state index in [1.165, 1.54) is 14.2 Å². The number of aromatic amines is 1. The van der Waals surface area contributed by atoms with E-state index < -0.39 is 77.8 Å². The topological polar surface area (TPSA) is 157 Å². The smallest absolute Gasteiger partial charge is 0.355 e. The van der Waals surface area contributed by atoms with Crippen LogP contribution in [0, 0.1) is 29.6 Å². The number of hydrogen-bond donors (Lipinski definition) is 4. The van der Waals surface area contributed by atoms with Gasteiger partial charge in [0.05, 0.1) is 19.3 Å². The number of aromatic nitrogens is 1. The summed E-state index contributed by atoms with van der Waals surface area (Å²) in [5, 5.41) is 33.5. The van der Waals surface area contributed by atoms with E-state index in [0.717, 1.165) is 5.57 Å². The second-order valence-electron chi connectivity index (χ2n) is 11.4. The monoisotopic (exact) mass is 561 g/mol. The molecule has 2 aliphatic carbocycles. The van der Waals surface area contributed by atoms with Crippen molar-refractivity contribution in [1.29, 1.82) is 0 Å². The van der Waals surface area contributed by atoms with Gasteiger partial charge in [0.25, 0.3) is 0 Å². The number of cyclic esters (lactones) is 1. The molecule has 220 valence electrons. The summed E-state index contributed by atoms with van der Waals surface area (Å²) in [5.74, 6) is -3.69. The lowest BCUT2D eigenvalue weighted by molar-refractivity contribution is -0.172. The van der Waals surface area contributed by atoms with Gasteiger partial charge >= 0.3 is 11.9 Å². The number of hydrogen-bond acceptors (Lipinski definition) is 10. The standard InChI is InChI=1S/C29H39NO10/c1-14-10-15(2)29-16(11-20(31)28(35)38-24(14)21(32)13-37-4)7-8-17-22(29)23(33)18(12-36-3)25(26(17)40-29)39-27(34)19-6-5-9-30-19/h5-10,14,16-18,20-26,30-33H,11-13H2,1-4H3/b15-10+/t14-,16-,17?,18-,20-,21?,22?,23-,24?,25-,26-,29+/m1/s1. The molecule has 1 saturated heterocycles. The Morgan fingerprint density at radius 1 is 1.25 bits per heavy atom. The molecule has 0 aromatic carbocycles. The summed E-state index contributed by atoms with van der Waals surface area (Å²) in [5.41, 5.74) is -0.0448. The van der Waals surface area contributed by atoms with Crippen LogP contribution in [-0.2, 0) is 28.5 Å². The van der Waals surface area contributed by atoms with Crippen LogP contribution in [0.2, 0.25) is 0 Å². The molecule has 1 saturated carbocycles. The number of carbonyl (C=O) groups is 2. The summed E-state index contributed by atoms with van der Waals surface area (Å²) >= 11 is 0. The Bertz CT molecular complexity index is 1130. The maximum absolute atomic E-state index is 13.0. The van der Waals surface area contributed by atoms with Crippen molar-refractivity contribution in [1.82, 2.24) is 4.98 Å². The van der Waals surface area contributed by atoms with Crippen LogP contribution in [-0.4, -0.2) is 102 Å². The molecule has 11 nitrogen and oxygen atoms in total. The van der Waals surface area contributed by atoms with Crippen molar-refractivity contribution in [3.8, 4) is 0 Å². The van der Waals surface area contributed by atoms with E-state index in [1.54, 1.807) is 18.3 Å². The van der Waals surface area contributed by atoms with Crippen LogP contribution < -0.4 is 0 Å². The molecule has 11 heteroatoms. The Kier molecular flexibility index (Phi) is 8.24. The van der Waals surface area contributed by atoms with Gasteiger partial charge in [0.2, 0.25) is 0 Å². The van der Waals surface area contributed by atoms with Gasteiger partial charge in [-0.05, 0) is 31.1 Å². The van der Waals surface area contributed by atoms with E-state index in [9.17, 15) is 24.9 Å². The molecule has 4 N–H and O–H groups in total. The zero-order chi connectivity index (χ0) is 28.8. The van der Waals surface area contributed by atoms with E-state index in [2.05, 4.69) is 4.98 Å². The van der Waals surface area contributed by atoms with Gasteiger partial charge in [0, 0.05) is 50.0 Å². The molecule has 0 radical (unpaired) electrons. The van der Waals surface area contributed by atoms with E-state index in [4.69, 9.17) is 23.7 Å². The van der Waals surface area contributed by atoms with Crippen molar-refractivity contribution < 1.29 is 48.6 Å². The van der Waals surface area contributed by atoms with Gasteiger partial charge in [-0.3, -0.25) is 0 Å². The largest absolute Gasteiger partial charge is 0.457 e. The average Bonchev–Trinajstić information content (AvgIpc) is 3.52. The van der Waals surface area contributed by atoms with Gasteiger partial charge < -0.3 is 44.0 Å². The summed E-state index contributed by atoms with van der Waals surface area (Å²) in [6, 6.07) is 3.31. The quantitative estimate of drug-likeness (QED) is 0.280. The Morgan fingerprint density at radius 3 is 2.70 bits per heavy atom.